The second-order valence-electron chi connectivity index (χ2n) is 12.6. The minimum atomic E-state index is -0.512. The fourth-order valence-corrected chi connectivity index (χ4v) is 5.66. The van der Waals surface area contributed by atoms with Gasteiger partial charge in [0.25, 0.3) is 5.91 Å². The summed E-state index contributed by atoms with van der Waals surface area (Å²) < 4.78 is 16.3. The average molecular weight is 602 g/mol. The molecular formula is C37H35N3O5. The van der Waals surface area contributed by atoms with Gasteiger partial charge < -0.3 is 14.8 Å². The van der Waals surface area contributed by atoms with Gasteiger partial charge in [-0.3, -0.25) is 4.79 Å². The lowest BCUT2D eigenvalue weighted by Crippen LogP contribution is -2.34. The Kier molecular flexibility index (Phi) is 7.97. The third-order valence-corrected chi connectivity index (χ3v) is 8.51. The van der Waals surface area contributed by atoms with Crippen LogP contribution in [0.4, 0.5) is 5.69 Å². The Labute approximate surface area is 262 Å². The first-order valence-electron chi connectivity index (χ1n) is 15.0. The van der Waals surface area contributed by atoms with E-state index in [-0.39, 0.29) is 23.3 Å². The van der Waals surface area contributed by atoms with Crippen LogP contribution in [0.1, 0.15) is 78.1 Å². The number of carbonyl (C=O) groups excluding carboxylic acids is 2. The highest BCUT2D eigenvalue weighted by Crippen LogP contribution is 2.46. The smallest absolute Gasteiger partial charge is 0.343 e. The number of ether oxygens (including phenoxy) is 2. The number of rotatable bonds is 8. The molecule has 0 spiro atoms. The summed E-state index contributed by atoms with van der Waals surface area (Å²) in [7, 11) is 0. The first-order valence-corrected chi connectivity index (χ1v) is 15.0. The van der Waals surface area contributed by atoms with Crippen molar-refractivity contribution in [3.63, 3.8) is 0 Å². The first kappa shape index (κ1) is 29.8. The second-order valence-corrected chi connectivity index (χ2v) is 12.6. The molecule has 0 bridgehead atoms. The third kappa shape index (κ3) is 6.50. The largest absolute Gasteiger partial charge is 0.487 e. The molecule has 45 heavy (non-hydrogen) atoms. The summed E-state index contributed by atoms with van der Waals surface area (Å²) in [6.07, 6.45) is 2.19. The van der Waals surface area contributed by atoms with Crippen LogP contribution in [0.25, 0.3) is 11.3 Å². The maximum absolute atomic E-state index is 13.1. The number of carbonyl (C=O) groups is 2. The summed E-state index contributed by atoms with van der Waals surface area (Å²) in [5.41, 5.74) is 6.29. The van der Waals surface area contributed by atoms with Crippen LogP contribution in [-0.4, -0.2) is 22.2 Å². The molecule has 228 valence electrons. The van der Waals surface area contributed by atoms with Crippen LogP contribution < -0.4 is 14.8 Å². The van der Waals surface area contributed by atoms with Crippen LogP contribution in [0.5, 0.6) is 11.5 Å². The molecule has 1 aliphatic carbocycles. The van der Waals surface area contributed by atoms with Gasteiger partial charge in [-0.1, -0.05) is 69.2 Å². The molecule has 1 aliphatic rings. The van der Waals surface area contributed by atoms with Gasteiger partial charge in [0.2, 0.25) is 0 Å². The highest BCUT2D eigenvalue weighted by Gasteiger charge is 2.37. The van der Waals surface area contributed by atoms with E-state index < -0.39 is 5.97 Å². The van der Waals surface area contributed by atoms with Gasteiger partial charge in [0.05, 0.1) is 5.56 Å². The van der Waals surface area contributed by atoms with Crippen molar-refractivity contribution < 1.29 is 23.7 Å². The van der Waals surface area contributed by atoms with E-state index in [1.165, 1.54) is 11.1 Å². The molecule has 0 radical (unpaired) electrons. The summed E-state index contributed by atoms with van der Waals surface area (Å²) in [4.78, 5) is 25.9. The van der Waals surface area contributed by atoms with Crippen molar-refractivity contribution in [1.29, 1.82) is 0 Å². The zero-order valence-corrected chi connectivity index (χ0v) is 25.8. The molecule has 4 aromatic carbocycles. The van der Waals surface area contributed by atoms with Crippen LogP contribution in [0.3, 0.4) is 0 Å². The van der Waals surface area contributed by atoms with E-state index in [9.17, 15) is 9.59 Å². The topological polar surface area (TPSA) is 104 Å². The van der Waals surface area contributed by atoms with Gasteiger partial charge in [0.15, 0.2) is 0 Å². The number of benzene rings is 4. The van der Waals surface area contributed by atoms with Gasteiger partial charge in [-0.25, -0.2) is 9.42 Å². The molecular weight excluding hydrogens is 566 g/mol. The number of amides is 1. The zero-order chi connectivity index (χ0) is 31.6. The number of hydrogen-bond acceptors (Lipinski definition) is 7. The summed E-state index contributed by atoms with van der Waals surface area (Å²) >= 11 is 0. The van der Waals surface area contributed by atoms with E-state index >= 15 is 0 Å². The van der Waals surface area contributed by atoms with Gasteiger partial charge in [0.1, 0.15) is 29.5 Å². The quantitative estimate of drug-likeness (QED) is 0.141. The Bertz CT molecular complexity index is 1820. The minimum Gasteiger partial charge on any atom is -0.487 e. The van der Waals surface area contributed by atoms with E-state index in [1.54, 1.807) is 48.5 Å². The first-order chi connectivity index (χ1) is 21.6. The molecule has 8 nitrogen and oxygen atoms in total. The number of fused-ring (bicyclic) bond motifs is 1. The molecule has 0 unspecified atom stereocenters. The zero-order valence-electron chi connectivity index (χ0n) is 25.8. The number of hydrogen-bond donors (Lipinski definition) is 1. The maximum Gasteiger partial charge on any atom is 0.343 e. The number of nitrogens with zero attached hydrogens (tertiary/aromatic N) is 2. The van der Waals surface area contributed by atoms with Crippen molar-refractivity contribution in [3.8, 4) is 22.8 Å². The average Bonchev–Trinajstić information content (AvgIpc) is 3.52. The van der Waals surface area contributed by atoms with Crippen molar-refractivity contribution >= 4 is 17.6 Å². The highest BCUT2D eigenvalue weighted by molar-refractivity contribution is 6.04. The second kappa shape index (κ2) is 12.0. The molecule has 1 aromatic heterocycles. The van der Waals surface area contributed by atoms with E-state index in [4.69, 9.17) is 14.1 Å². The predicted molar refractivity (Wildman–Crippen MR) is 172 cm³/mol. The summed E-state index contributed by atoms with van der Waals surface area (Å²) in [5.74, 6) is 0.243. The fourth-order valence-electron chi connectivity index (χ4n) is 5.66. The molecule has 1 N–H and O–H groups in total. The van der Waals surface area contributed by atoms with Gasteiger partial charge in [-0.2, -0.15) is 0 Å². The molecule has 0 fully saturated rings. The molecule has 0 atom stereocenters. The predicted octanol–water partition coefficient (Wildman–Crippen LogP) is 8.14. The highest BCUT2D eigenvalue weighted by atomic mass is 16.6. The lowest BCUT2D eigenvalue weighted by atomic mass is 9.63. The van der Waals surface area contributed by atoms with E-state index in [2.05, 4.69) is 49.4 Å². The molecule has 5 aromatic rings. The maximum atomic E-state index is 13.1. The summed E-state index contributed by atoms with van der Waals surface area (Å²) in [5, 5.41) is 10.9. The summed E-state index contributed by atoms with van der Waals surface area (Å²) in [6.45, 7) is 9.17. The molecule has 0 aliphatic heterocycles. The monoisotopic (exact) mass is 601 g/mol. The minimum absolute atomic E-state index is 0.0125. The van der Waals surface area contributed by atoms with Crippen LogP contribution in [-0.2, 0) is 17.4 Å². The van der Waals surface area contributed by atoms with Gasteiger partial charge >= 0.3 is 5.97 Å². The van der Waals surface area contributed by atoms with Crippen molar-refractivity contribution in [2.24, 2.45) is 0 Å². The Morgan fingerprint density at radius 2 is 1.40 bits per heavy atom. The number of esters is 1. The van der Waals surface area contributed by atoms with Crippen LogP contribution in [0, 0.1) is 0 Å². The summed E-state index contributed by atoms with van der Waals surface area (Å²) in [6, 6.07) is 29.0. The Balaban J connectivity index is 1.04. The van der Waals surface area contributed by atoms with Crippen LogP contribution in [0.2, 0.25) is 0 Å². The lowest BCUT2D eigenvalue weighted by Gasteiger charge is -2.42. The van der Waals surface area contributed by atoms with E-state index in [0.717, 1.165) is 18.4 Å². The van der Waals surface area contributed by atoms with E-state index in [1.807, 2.05) is 42.5 Å². The normalized spacial score (nSPS) is 14.7. The standard InChI is InChI=1S/C37H35N3O5/c1-36(2)20-21-37(3,4)31-22-26(12-19-30(31)36)34(41)38-27-13-10-25(11-14-27)35(42)44-29-17-15-28(16-18-29)43-23-32-33(40-45-39-32)24-8-6-5-7-9-24/h5-19,22H,20-21,23H2,1-4H3,(H,38,41). The van der Waals surface area contributed by atoms with Gasteiger partial charge in [-0.15, -0.1) is 0 Å². The lowest BCUT2D eigenvalue weighted by molar-refractivity contribution is 0.0734. The molecule has 1 heterocycles. The molecule has 0 saturated heterocycles. The Morgan fingerprint density at radius 1 is 0.756 bits per heavy atom. The van der Waals surface area contributed by atoms with Gasteiger partial charge in [-0.05, 0) is 101 Å². The van der Waals surface area contributed by atoms with Crippen molar-refractivity contribution in [1.82, 2.24) is 10.3 Å². The number of anilines is 1. The fraction of sp³-hybridized carbons (Fsp3) is 0.243. The molecule has 6 rings (SSSR count). The molecule has 1 amide bonds. The number of aromatic nitrogens is 2. The van der Waals surface area contributed by atoms with Crippen LogP contribution in [0.15, 0.2) is 102 Å². The van der Waals surface area contributed by atoms with E-state index in [0.29, 0.717) is 39.7 Å². The van der Waals surface area contributed by atoms with Crippen molar-refractivity contribution in [3.05, 3.63) is 125 Å². The molecule has 8 heteroatoms. The SMILES string of the molecule is CC1(C)CCC(C)(C)c2cc(C(=O)Nc3ccc(C(=O)Oc4ccc(OCc5nonc5-c5ccccc5)cc4)cc3)ccc21. The van der Waals surface area contributed by atoms with Crippen molar-refractivity contribution in [2.75, 3.05) is 5.32 Å². The third-order valence-electron chi connectivity index (χ3n) is 8.51. The van der Waals surface area contributed by atoms with Gasteiger partial charge in [0, 0.05) is 16.8 Å². The Morgan fingerprint density at radius 3 is 2.11 bits per heavy atom. The molecule has 0 saturated carbocycles. The van der Waals surface area contributed by atoms with Crippen molar-refractivity contribution in [2.45, 2.75) is 58.0 Å². The Hall–Kier alpha value is -5.24. The van der Waals surface area contributed by atoms with Crippen LogP contribution >= 0.6 is 0 Å². The number of nitrogens with one attached hydrogen (secondary N) is 1.